The Morgan fingerprint density at radius 1 is 1.37 bits per heavy atom. The summed E-state index contributed by atoms with van der Waals surface area (Å²) in [4.78, 5) is 12.3. The van der Waals surface area contributed by atoms with Crippen molar-refractivity contribution in [1.82, 2.24) is 5.32 Å². The molecule has 104 valence electrons. The number of carbonyl (C=O) groups excluding carboxylic acids is 1. The molecule has 1 unspecified atom stereocenters. The minimum absolute atomic E-state index is 0.0898. The van der Waals surface area contributed by atoms with Gasteiger partial charge in [-0.25, -0.2) is 0 Å². The van der Waals surface area contributed by atoms with Crippen LogP contribution in [-0.2, 0) is 9.53 Å². The Morgan fingerprint density at radius 2 is 1.95 bits per heavy atom. The van der Waals surface area contributed by atoms with Crippen LogP contribution in [0.15, 0.2) is 24.3 Å². The van der Waals surface area contributed by atoms with Crippen molar-refractivity contribution in [1.29, 1.82) is 0 Å². The zero-order valence-corrected chi connectivity index (χ0v) is 11.7. The van der Waals surface area contributed by atoms with Gasteiger partial charge in [0.1, 0.15) is 0 Å². The van der Waals surface area contributed by atoms with Gasteiger partial charge >= 0.3 is 0 Å². The number of nitrogens with two attached hydrogens (primary N) is 1. The second kappa shape index (κ2) is 5.90. The van der Waals surface area contributed by atoms with E-state index < -0.39 is 5.54 Å². The molecule has 1 aliphatic heterocycles. The van der Waals surface area contributed by atoms with E-state index in [4.69, 9.17) is 22.1 Å². The van der Waals surface area contributed by atoms with Crippen LogP contribution in [0.3, 0.4) is 0 Å². The van der Waals surface area contributed by atoms with Crippen LogP contribution in [0.25, 0.3) is 0 Å². The molecule has 2 rings (SSSR count). The highest BCUT2D eigenvalue weighted by molar-refractivity contribution is 6.30. The summed E-state index contributed by atoms with van der Waals surface area (Å²) in [7, 11) is 0. The third kappa shape index (κ3) is 3.47. The topological polar surface area (TPSA) is 64.4 Å². The summed E-state index contributed by atoms with van der Waals surface area (Å²) in [5.74, 6) is -0.113. The van der Waals surface area contributed by atoms with E-state index in [0.717, 1.165) is 5.56 Å². The molecule has 0 bridgehead atoms. The molecule has 1 amide bonds. The minimum Gasteiger partial charge on any atom is -0.381 e. The first-order valence-electron chi connectivity index (χ1n) is 6.44. The number of ether oxygens (including phenoxy) is 1. The lowest BCUT2D eigenvalue weighted by molar-refractivity contribution is -0.130. The predicted molar refractivity (Wildman–Crippen MR) is 75.0 cm³/mol. The number of nitrogens with one attached hydrogen (secondary N) is 1. The molecular formula is C14H19ClN2O2. The largest absolute Gasteiger partial charge is 0.381 e. The Hall–Kier alpha value is -1.10. The van der Waals surface area contributed by atoms with Gasteiger partial charge in [0.2, 0.25) is 5.91 Å². The second-order valence-corrected chi connectivity index (χ2v) is 5.45. The predicted octanol–water partition coefficient (Wildman–Crippen LogP) is 2.03. The van der Waals surface area contributed by atoms with Gasteiger partial charge in [-0.15, -0.1) is 0 Å². The minimum atomic E-state index is -0.807. The lowest BCUT2D eigenvalue weighted by Crippen LogP contribution is -2.57. The van der Waals surface area contributed by atoms with Crippen molar-refractivity contribution in [3.8, 4) is 0 Å². The number of carbonyl (C=O) groups is 1. The first-order valence-corrected chi connectivity index (χ1v) is 6.82. The second-order valence-electron chi connectivity index (χ2n) is 5.02. The number of hydrogen-bond donors (Lipinski definition) is 2. The van der Waals surface area contributed by atoms with Crippen molar-refractivity contribution < 1.29 is 9.53 Å². The summed E-state index contributed by atoms with van der Waals surface area (Å²) >= 11 is 5.84. The summed E-state index contributed by atoms with van der Waals surface area (Å²) < 4.78 is 5.24. The molecule has 1 aromatic carbocycles. The fraction of sp³-hybridized carbons (Fsp3) is 0.500. The van der Waals surface area contributed by atoms with Crippen molar-refractivity contribution in [2.45, 2.75) is 31.3 Å². The van der Waals surface area contributed by atoms with Crippen molar-refractivity contribution in [2.75, 3.05) is 13.2 Å². The van der Waals surface area contributed by atoms with Gasteiger partial charge in [0.25, 0.3) is 0 Å². The Bertz CT molecular complexity index is 441. The number of amides is 1. The van der Waals surface area contributed by atoms with Crippen LogP contribution < -0.4 is 11.1 Å². The smallest absolute Gasteiger partial charge is 0.240 e. The van der Waals surface area contributed by atoms with Crippen molar-refractivity contribution >= 4 is 17.5 Å². The van der Waals surface area contributed by atoms with Crippen molar-refractivity contribution in [2.24, 2.45) is 5.73 Å². The van der Waals surface area contributed by atoms with Crippen LogP contribution in [-0.4, -0.2) is 24.7 Å². The number of hydrogen-bond acceptors (Lipinski definition) is 3. The van der Waals surface area contributed by atoms with Gasteiger partial charge in [-0.05, 0) is 37.5 Å². The highest BCUT2D eigenvalue weighted by Crippen LogP contribution is 2.21. The molecule has 0 aromatic heterocycles. The Labute approximate surface area is 118 Å². The van der Waals surface area contributed by atoms with E-state index in [1.807, 2.05) is 31.2 Å². The van der Waals surface area contributed by atoms with Crippen LogP contribution in [0.4, 0.5) is 0 Å². The van der Waals surface area contributed by atoms with E-state index in [1.165, 1.54) is 0 Å². The van der Waals surface area contributed by atoms with Crippen molar-refractivity contribution in [3.63, 3.8) is 0 Å². The maximum atomic E-state index is 12.3. The third-order valence-corrected chi connectivity index (χ3v) is 3.81. The standard InChI is InChI=1S/C14H19ClN2O2/c1-10(11-2-4-12(15)5-3-11)17-13(18)14(16)6-8-19-9-7-14/h2-5,10H,6-9,16H2,1H3,(H,17,18). The van der Waals surface area contributed by atoms with E-state index in [1.54, 1.807) is 0 Å². The fourth-order valence-electron chi connectivity index (χ4n) is 2.14. The van der Waals surface area contributed by atoms with Gasteiger partial charge in [-0.1, -0.05) is 23.7 Å². The van der Waals surface area contributed by atoms with Gasteiger partial charge in [-0.2, -0.15) is 0 Å². The third-order valence-electron chi connectivity index (χ3n) is 3.55. The van der Waals surface area contributed by atoms with E-state index in [2.05, 4.69) is 5.32 Å². The van der Waals surface area contributed by atoms with Gasteiger partial charge in [0.05, 0.1) is 11.6 Å². The maximum Gasteiger partial charge on any atom is 0.240 e. The summed E-state index contributed by atoms with van der Waals surface area (Å²) in [6, 6.07) is 7.34. The summed E-state index contributed by atoms with van der Waals surface area (Å²) in [6.45, 7) is 3.02. The molecular weight excluding hydrogens is 264 g/mol. The molecule has 0 aliphatic carbocycles. The monoisotopic (exact) mass is 282 g/mol. The number of benzene rings is 1. The highest BCUT2D eigenvalue weighted by Gasteiger charge is 2.36. The SMILES string of the molecule is CC(NC(=O)C1(N)CCOCC1)c1ccc(Cl)cc1. The zero-order valence-electron chi connectivity index (χ0n) is 11.0. The molecule has 1 fully saturated rings. The normalized spacial score (nSPS) is 19.7. The first kappa shape index (κ1) is 14.3. The molecule has 1 saturated heterocycles. The van der Waals surface area contributed by atoms with Gasteiger partial charge in [0.15, 0.2) is 0 Å². The molecule has 3 N–H and O–H groups in total. The molecule has 19 heavy (non-hydrogen) atoms. The molecule has 1 aliphatic rings. The maximum absolute atomic E-state index is 12.3. The lowest BCUT2D eigenvalue weighted by Gasteiger charge is -2.33. The summed E-state index contributed by atoms with van der Waals surface area (Å²) in [5.41, 5.74) is 6.34. The van der Waals surface area contributed by atoms with E-state index in [-0.39, 0.29) is 11.9 Å². The Morgan fingerprint density at radius 3 is 2.53 bits per heavy atom. The van der Waals surface area contributed by atoms with Crippen LogP contribution in [0.2, 0.25) is 5.02 Å². The molecule has 0 spiro atoms. The van der Waals surface area contributed by atoms with E-state index in [0.29, 0.717) is 31.1 Å². The summed E-state index contributed by atoms with van der Waals surface area (Å²) in [6.07, 6.45) is 1.12. The molecule has 1 aromatic rings. The highest BCUT2D eigenvalue weighted by atomic mass is 35.5. The Balaban J connectivity index is 2.00. The average Bonchev–Trinajstić information content (AvgIpc) is 2.40. The molecule has 1 heterocycles. The molecule has 1 atom stereocenters. The zero-order chi connectivity index (χ0) is 13.9. The quantitative estimate of drug-likeness (QED) is 0.891. The van der Waals surface area contributed by atoms with E-state index in [9.17, 15) is 4.79 Å². The van der Waals surface area contributed by atoms with E-state index >= 15 is 0 Å². The van der Waals surface area contributed by atoms with Crippen LogP contribution in [0.1, 0.15) is 31.4 Å². The summed E-state index contributed by atoms with van der Waals surface area (Å²) in [5, 5.41) is 3.65. The first-order chi connectivity index (χ1) is 9.01. The van der Waals surface area contributed by atoms with Crippen molar-refractivity contribution in [3.05, 3.63) is 34.9 Å². The Kier molecular flexibility index (Phi) is 4.45. The van der Waals surface area contributed by atoms with Crippen LogP contribution >= 0.6 is 11.6 Å². The van der Waals surface area contributed by atoms with Gasteiger partial charge in [-0.3, -0.25) is 4.79 Å². The number of halogens is 1. The van der Waals surface area contributed by atoms with Gasteiger partial charge in [0, 0.05) is 18.2 Å². The average molecular weight is 283 g/mol. The molecule has 0 saturated carbocycles. The molecule has 0 radical (unpaired) electrons. The molecule has 4 nitrogen and oxygen atoms in total. The number of rotatable bonds is 3. The van der Waals surface area contributed by atoms with Gasteiger partial charge < -0.3 is 15.8 Å². The van der Waals surface area contributed by atoms with Crippen LogP contribution in [0, 0.1) is 0 Å². The fourth-order valence-corrected chi connectivity index (χ4v) is 2.26. The molecule has 5 heteroatoms. The lowest BCUT2D eigenvalue weighted by atomic mass is 9.90. The van der Waals surface area contributed by atoms with Crippen LogP contribution in [0.5, 0.6) is 0 Å².